The first-order valence-electron chi connectivity index (χ1n) is 0.582. The topological polar surface area (TPSA) is 17.1 Å². The van der Waals surface area contributed by atoms with Crippen LogP contribution in [-0.2, 0) is 16.8 Å². The van der Waals surface area contributed by atoms with Gasteiger partial charge in [0, 0.05) is 16.8 Å². The molecule has 0 atom stereocenters. The molecule has 0 aliphatic carbocycles. The van der Waals surface area contributed by atoms with E-state index in [9.17, 15) is 0 Å². The molecule has 33 valence electrons. The van der Waals surface area contributed by atoms with E-state index in [2.05, 4.69) is 23.2 Å². The average molecular weight is 158 g/mol. The third kappa shape index (κ3) is 63.2. The molecule has 0 heterocycles. The molecule has 1 nitrogen and oxygen atoms in total. The second-order valence-electron chi connectivity index (χ2n) is 0.226. The van der Waals surface area contributed by atoms with Crippen molar-refractivity contribution in [1.82, 2.24) is 0 Å². The summed E-state index contributed by atoms with van der Waals surface area (Å²) in [5.41, 5.74) is 0. The molecule has 0 spiro atoms. The fourth-order valence-corrected chi connectivity index (χ4v) is 0. The van der Waals surface area contributed by atoms with E-state index in [1.54, 1.807) is 0 Å². The second kappa shape index (κ2) is 4.76. The molecule has 0 aromatic rings. The Kier molecular flexibility index (Phi) is 8.78. The Balaban J connectivity index is 0. The van der Waals surface area contributed by atoms with Gasteiger partial charge in [-0.2, -0.15) is 0 Å². The molecule has 0 saturated heterocycles. The van der Waals surface area contributed by atoms with Crippen molar-refractivity contribution in [2.45, 2.75) is 0 Å². The Bertz CT molecular complexity index is 32.6. The predicted octanol–water partition coefficient (Wildman–Crippen LogP) is 1.58. The van der Waals surface area contributed by atoms with Gasteiger partial charge in [0.15, 0.2) is 0 Å². The van der Waals surface area contributed by atoms with Crippen LogP contribution < -0.4 is 0 Å². The van der Waals surface area contributed by atoms with Crippen LogP contribution in [0.25, 0.3) is 0 Å². The summed E-state index contributed by atoms with van der Waals surface area (Å²) in [7, 11) is 0. The molecule has 0 N–H and O–H groups in total. The fraction of sp³-hybridized carbons (Fsp3) is 0. The molecular formula is CCl2CoO. The SMILES string of the molecule is O=C(Cl)Cl.[Co]. The largest absolute Gasteiger partial charge is 0.313 e. The maximum Gasteiger partial charge on any atom is 0.313 e. The molecule has 4 heteroatoms. The molecule has 0 saturated carbocycles. The van der Waals surface area contributed by atoms with E-state index in [4.69, 9.17) is 4.79 Å². The third-order valence-corrected chi connectivity index (χ3v) is 0. The molecule has 5 heavy (non-hydrogen) atoms. The molecule has 0 bridgehead atoms. The first kappa shape index (κ1) is 9.23. The van der Waals surface area contributed by atoms with Gasteiger partial charge in [0.2, 0.25) is 0 Å². The van der Waals surface area contributed by atoms with Crippen LogP contribution in [0, 0.1) is 0 Å². The molecule has 0 unspecified atom stereocenters. The van der Waals surface area contributed by atoms with Crippen molar-refractivity contribution in [1.29, 1.82) is 0 Å². The van der Waals surface area contributed by atoms with Crippen LogP contribution in [-0.4, -0.2) is 4.70 Å². The van der Waals surface area contributed by atoms with Crippen molar-refractivity contribution in [2.24, 2.45) is 0 Å². The van der Waals surface area contributed by atoms with Crippen LogP contribution in [0.1, 0.15) is 0 Å². The van der Waals surface area contributed by atoms with E-state index in [0.717, 1.165) is 0 Å². The summed E-state index contributed by atoms with van der Waals surface area (Å²) in [6.45, 7) is 0. The van der Waals surface area contributed by atoms with Gasteiger partial charge in [-0.15, -0.1) is 0 Å². The molecule has 0 aromatic heterocycles. The van der Waals surface area contributed by atoms with E-state index >= 15 is 0 Å². The Labute approximate surface area is 49.8 Å². The molecule has 1 radical (unpaired) electrons. The van der Waals surface area contributed by atoms with E-state index in [1.165, 1.54) is 0 Å². The summed E-state index contributed by atoms with van der Waals surface area (Å²) in [4.78, 5) is 8.98. The van der Waals surface area contributed by atoms with Crippen LogP contribution in [0.5, 0.6) is 0 Å². The van der Waals surface area contributed by atoms with Gasteiger partial charge < -0.3 is 0 Å². The Morgan fingerprint density at radius 1 is 1.40 bits per heavy atom. The fourth-order valence-electron chi connectivity index (χ4n) is 0. The van der Waals surface area contributed by atoms with Crippen molar-refractivity contribution < 1.29 is 21.6 Å². The molecule has 0 rings (SSSR count). The molecular weight excluding hydrogens is 158 g/mol. The number of carbonyl (C=O) groups is 1. The normalized spacial score (nSPS) is 5.20. The van der Waals surface area contributed by atoms with Crippen molar-refractivity contribution in [2.75, 3.05) is 0 Å². The van der Waals surface area contributed by atoms with Gasteiger partial charge >= 0.3 is 4.70 Å². The van der Waals surface area contributed by atoms with E-state index in [0.29, 0.717) is 0 Å². The maximum atomic E-state index is 8.98. The number of hydrogen-bond donors (Lipinski definition) is 0. The first-order chi connectivity index (χ1) is 1.73. The molecule has 0 aromatic carbocycles. The first-order valence-corrected chi connectivity index (χ1v) is 1.34. The Morgan fingerprint density at radius 2 is 1.40 bits per heavy atom. The summed E-state index contributed by atoms with van der Waals surface area (Å²) >= 11 is 8.80. The number of hydrogen-bond acceptors (Lipinski definition) is 1. The second-order valence-corrected chi connectivity index (χ2v) is 1.11. The van der Waals surface area contributed by atoms with Crippen molar-refractivity contribution in [3.05, 3.63) is 0 Å². The quantitative estimate of drug-likeness (QED) is 0.489. The van der Waals surface area contributed by atoms with Crippen LogP contribution in [0.2, 0.25) is 0 Å². The van der Waals surface area contributed by atoms with Gasteiger partial charge in [0.05, 0.1) is 0 Å². The number of carbonyl (C=O) groups excluding carboxylic acids is 1. The minimum Gasteiger partial charge on any atom is -0.262 e. The number of rotatable bonds is 0. The monoisotopic (exact) mass is 157 g/mol. The van der Waals surface area contributed by atoms with Gasteiger partial charge in [-0.3, -0.25) is 4.79 Å². The predicted molar refractivity (Wildman–Crippen MR) is 17.1 cm³/mol. The van der Waals surface area contributed by atoms with Crippen LogP contribution in [0.15, 0.2) is 0 Å². The molecule has 0 aliphatic rings. The molecule has 0 fully saturated rings. The summed E-state index contributed by atoms with van der Waals surface area (Å²) in [6, 6.07) is 0. The van der Waals surface area contributed by atoms with Gasteiger partial charge in [0.1, 0.15) is 0 Å². The molecule has 0 amide bonds. The van der Waals surface area contributed by atoms with Crippen LogP contribution in [0.4, 0.5) is 4.79 Å². The minimum absolute atomic E-state index is 0. The standard InChI is InChI=1S/CCl2O.Co/c2-1(3)4;. The summed E-state index contributed by atoms with van der Waals surface area (Å²) in [5.74, 6) is 0. The van der Waals surface area contributed by atoms with Crippen molar-refractivity contribution >= 4 is 27.9 Å². The van der Waals surface area contributed by atoms with Gasteiger partial charge in [-0.25, -0.2) is 0 Å². The van der Waals surface area contributed by atoms with Gasteiger partial charge in [0.25, 0.3) is 0 Å². The minimum atomic E-state index is -0.889. The summed E-state index contributed by atoms with van der Waals surface area (Å²) in [6.07, 6.45) is 0. The zero-order valence-electron chi connectivity index (χ0n) is 2.00. The van der Waals surface area contributed by atoms with Gasteiger partial charge in [-0.1, -0.05) is 0 Å². The van der Waals surface area contributed by atoms with E-state index < -0.39 is 4.70 Å². The Hall–Kier alpha value is 0.756. The van der Waals surface area contributed by atoms with Crippen LogP contribution in [0.3, 0.4) is 0 Å². The average Bonchev–Trinajstić information content (AvgIpc) is 0.811. The van der Waals surface area contributed by atoms with Crippen LogP contribution >= 0.6 is 23.2 Å². The van der Waals surface area contributed by atoms with Crippen molar-refractivity contribution in [3.8, 4) is 0 Å². The summed E-state index contributed by atoms with van der Waals surface area (Å²) < 4.78 is -0.889. The van der Waals surface area contributed by atoms with Crippen molar-refractivity contribution in [3.63, 3.8) is 0 Å². The zero-order chi connectivity index (χ0) is 3.58. The molecule has 0 aliphatic heterocycles. The van der Waals surface area contributed by atoms with E-state index in [-0.39, 0.29) is 16.8 Å². The smallest absolute Gasteiger partial charge is 0.262 e. The summed E-state index contributed by atoms with van der Waals surface area (Å²) in [5, 5.41) is 0. The zero-order valence-corrected chi connectivity index (χ0v) is 4.55. The number of halogens is 2. The maximum absolute atomic E-state index is 8.98. The van der Waals surface area contributed by atoms with Gasteiger partial charge in [-0.05, 0) is 23.2 Å². The van der Waals surface area contributed by atoms with E-state index in [1.807, 2.05) is 0 Å². The Morgan fingerprint density at radius 3 is 1.40 bits per heavy atom. The third-order valence-electron chi connectivity index (χ3n) is 0.